The molecule has 2 bridgehead atoms. The summed E-state index contributed by atoms with van der Waals surface area (Å²) in [7, 11) is 0. The highest BCUT2D eigenvalue weighted by Gasteiger charge is 2.54. The SMILES string of the molecule is CC(C)(C)OC(=O)N1[C@@H]2CC[C@H]1C[C@@]1(CC(Br)=NO1)C2. The highest BCUT2D eigenvalue weighted by Crippen LogP contribution is 2.47. The molecule has 3 aliphatic rings. The van der Waals surface area contributed by atoms with E-state index < -0.39 is 5.60 Å². The normalized spacial score (nSPS) is 36.0. The number of amides is 1. The Morgan fingerprint density at radius 1 is 1.40 bits per heavy atom. The maximum Gasteiger partial charge on any atom is 0.410 e. The van der Waals surface area contributed by atoms with Crippen LogP contribution >= 0.6 is 15.9 Å². The summed E-state index contributed by atoms with van der Waals surface area (Å²) < 4.78 is 6.42. The summed E-state index contributed by atoms with van der Waals surface area (Å²) in [6, 6.07) is 0.439. The molecule has 0 aromatic heterocycles. The number of oxime groups is 1. The predicted octanol–water partition coefficient (Wildman–Crippen LogP) is 3.42. The zero-order chi connectivity index (χ0) is 14.5. The summed E-state index contributed by atoms with van der Waals surface area (Å²) in [5.74, 6) is 0. The standard InChI is InChI=1S/C14H21BrN2O3/c1-13(2,3)19-12(18)17-9-4-5-10(17)7-14(6-9)8-11(15)16-20-14/h9-10H,4-8H2,1-3H3/t9-,10+,14-. The number of carbonyl (C=O) groups is 1. The molecule has 3 heterocycles. The molecule has 3 atom stereocenters. The van der Waals surface area contributed by atoms with Crippen LogP contribution in [0.4, 0.5) is 4.79 Å². The van der Waals surface area contributed by atoms with Crippen molar-refractivity contribution in [2.45, 2.75) is 76.2 Å². The second kappa shape index (κ2) is 4.61. The molecule has 2 fully saturated rings. The quantitative estimate of drug-likeness (QED) is 0.676. The van der Waals surface area contributed by atoms with Crippen LogP contribution in [0, 0.1) is 0 Å². The lowest BCUT2D eigenvalue weighted by atomic mass is 9.84. The maximum atomic E-state index is 12.4. The molecule has 20 heavy (non-hydrogen) atoms. The lowest BCUT2D eigenvalue weighted by molar-refractivity contribution is -0.0852. The van der Waals surface area contributed by atoms with Gasteiger partial charge < -0.3 is 14.5 Å². The van der Waals surface area contributed by atoms with Gasteiger partial charge in [-0.15, -0.1) is 0 Å². The van der Waals surface area contributed by atoms with Crippen LogP contribution < -0.4 is 0 Å². The number of hydrogen-bond acceptors (Lipinski definition) is 4. The molecule has 0 unspecified atom stereocenters. The van der Waals surface area contributed by atoms with Crippen molar-refractivity contribution in [3.05, 3.63) is 0 Å². The first-order valence-corrected chi connectivity index (χ1v) is 7.99. The van der Waals surface area contributed by atoms with Crippen LogP contribution in [0.2, 0.25) is 0 Å². The molecule has 112 valence electrons. The number of carbonyl (C=O) groups excluding carboxylic acids is 1. The monoisotopic (exact) mass is 344 g/mol. The van der Waals surface area contributed by atoms with Crippen LogP contribution in [0.25, 0.3) is 0 Å². The van der Waals surface area contributed by atoms with Gasteiger partial charge in [-0.25, -0.2) is 4.79 Å². The summed E-state index contributed by atoms with van der Waals surface area (Å²) in [4.78, 5) is 20.0. The number of piperidine rings is 1. The number of hydrogen-bond donors (Lipinski definition) is 0. The first-order chi connectivity index (χ1) is 9.28. The van der Waals surface area contributed by atoms with Crippen molar-refractivity contribution < 1.29 is 14.4 Å². The fourth-order valence-corrected chi connectivity index (χ4v) is 4.20. The Hall–Kier alpha value is -0.780. The minimum atomic E-state index is -0.443. The minimum Gasteiger partial charge on any atom is -0.444 e. The van der Waals surface area contributed by atoms with Gasteiger partial charge in [-0.3, -0.25) is 0 Å². The van der Waals surface area contributed by atoms with Crippen LogP contribution in [0.15, 0.2) is 5.16 Å². The van der Waals surface area contributed by atoms with Crippen molar-refractivity contribution in [1.29, 1.82) is 0 Å². The van der Waals surface area contributed by atoms with Crippen LogP contribution in [0.3, 0.4) is 0 Å². The van der Waals surface area contributed by atoms with E-state index in [4.69, 9.17) is 9.57 Å². The molecule has 6 heteroatoms. The number of halogens is 1. The molecule has 0 aromatic rings. The first kappa shape index (κ1) is 14.2. The Morgan fingerprint density at radius 2 is 2.00 bits per heavy atom. The molecule has 0 aliphatic carbocycles. The average molecular weight is 345 g/mol. The van der Waals surface area contributed by atoms with Gasteiger partial charge in [0, 0.05) is 31.3 Å². The van der Waals surface area contributed by atoms with Gasteiger partial charge in [0.15, 0.2) is 0 Å². The number of nitrogens with zero attached hydrogens (tertiary/aromatic N) is 2. The second-order valence-electron chi connectivity index (χ2n) is 7.10. The third kappa shape index (κ3) is 2.54. The van der Waals surface area contributed by atoms with Gasteiger partial charge in [0.05, 0.1) is 0 Å². The van der Waals surface area contributed by atoms with Gasteiger partial charge >= 0.3 is 6.09 Å². The molecule has 1 spiro atoms. The van der Waals surface area contributed by atoms with E-state index in [1.807, 2.05) is 25.7 Å². The smallest absolute Gasteiger partial charge is 0.410 e. The summed E-state index contributed by atoms with van der Waals surface area (Å²) in [5, 5.41) is 4.04. The number of rotatable bonds is 0. The van der Waals surface area contributed by atoms with Crippen molar-refractivity contribution in [2.75, 3.05) is 0 Å². The molecule has 0 radical (unpaired) electrons. The fourth-order valence-electron chi connectivity index (χ4n) is 3.61. The lowest BCUT2D eigenvalue weighted by Gasteiger charge is -2.43. The largest absolute Gasteiger partial charge is 0.444 e. The van der Waals surface area contributed by atoms with Crippen molar-refractivity contribution in [1.82, 2.24) is 4.90 Å². The van der Waals surface area contributed by atoms with Crippen molar-refractivity contribution in [3.63, 3.8) is 0 Å². The van der Waals surface area contributed by atoms with Crippen LogP contribution in [0.5, 0.6) is 0 Å². The number of ether oxygens (including phenoxy) is 1. The van der Waals surface area contributed by atoms with E-state index in [-0.39, 0.29) is 23.8 Å². The zero-order valence-electron chi connectivity index (χ0n) is 12.2. The molecule has 5 nitrogen and oxygen atoms in total. The van der Waals surface area contributed by atoms with E-state index in [1.165, 1.54) is 0 Å². The lowest BCUT2D eigenvalue weighted by Crippen LogP contribution is -2.54. The summed E-state index contributed by atoms with van der Waals surface area (Å²) in [6.07, 6.45) is 4.40. The van der Waals surface area contributed by atoms with Gasteiger partial charge in [-0.2, -0.15) is 0 Å². The summed E-state index contributed by atoms with van der Waals surface area (Å²) >= 11 is 3.41. The Bertz CT molecular complexity index is 444. The Balaban J connectivity index is 1.71. The van der Waals surface area contributed by atoms with Gasteiger partial charge in [0.2, 0.25) is 0 Å². The average Bonchev–Trinajstić information content (AvgIpc) is 2.77. The van der Waals surface area contributed by atoms with Crippen molar-refractivity contribution in [2.24, 2.45) is 5.16 Å². The molecule has 0 N–H and O–H groups in total. The third-order valence-corrected chi connectivity index (χ3v) is 4.67. The van der Waals surface area contributed by atoms with Crippen molar-refractivity contribution in [3.8, 4) is 0 Å². The van der Waals surface area contributed by atoms with E-state index in [0.717, 1.165) is 36.7 Å². The van der Waals surface area contributed by atoms with Gasteiger partial charge in [-0.1, -0.05) is 5.16 Å². The van der Waals surface area contributed by atoms with E-state index in [2.05, 4.69) is 21.1 Å². The molecule has 0 aromatic carbocycles. The molecule has 1 amide bonds. The Labute approximate surface area is 127 Å². The summed E-state index contributed by atoms with van der Waals surface area (Å²) in [5.41, 5.74) is -0.648. The van der Waals surface area contributed by atoms with Gasteiger partial charge in [0.1, 0.15) is 15.8 Å². The van der Waals surface area contributed by atoms with E-state index >= 15 is 0 Å². The molecular weight excluding hydrogens is 324 g/mol. The van der Waals surface area contributed by atoms with E-state index in [0.29, 0.717) is 0 Å². The maximum absolute atomic E-state index is 12.4. The van der Waals surface area contributed by atoms with Gasteiger partial charge in [0.25, 0.3) is 0 Å². The molecule has 3 aliphatic heterocycles. The van der Waals surface area contributed by atoms with E-state index in [9.17, 15) is 4.79 Å². The molecule has 0 saturated carbocycles. The highest BCUT2D eigenvalue weighted by molar-refractivity contribution is 9.18. The molecule has 3 rings (SSSR count). The molecule has 2 saturated heterocycles. The second-order valence-corrected chi connectivity index (χ2v) is 8.01. The fraction of sp³-hybridized carbons (Fsp3) is 0.857. The minimum absolute atomic E-state index is 0.183. The first-order valence-electron chi connectivity index (χ1n) is 7.20. The highest BCUT2D eigenvalue weighted by atomic mass is 79.9. The van der Waals surface area contributed by atoms with E-state index in [1.54, 1.807) is 0 Å². The Kier molecular flexibility index (Phi) is 3.27. The van der Waals surface area contributed by atoms with Crippen LogP contribution in [0.1, 0.15) is 52.9 Å². The van der Waals surface area contributed by atoms with Crippen LogP contribution in [-0.4, -0.2) is 38.9 Å². The summed E-state index contributed by atoms with van der Waals surface area (Å²) in [6.45, 7) is 5.72. The van der Waals surface area contributed by atoms with Gasteiger partial charge in [-0.05, 0) is 49.5 Å². The topological polar surface area (TPSA) is 51.1 Å². The molecular formula is C14H21BrN2O3. The third-order valence-electron chi connectivity index (χ3n) is 4.25. The Morgan fingerprint density at radius 3 is 2.45 bits per heavy atom. The number of fused-ring (bicyclic) bond motifs is 2. The predicted molar refractivity (Wildman–Crippen MR) is 78.9 cm³/mol. The van der Waals surface area contributed by atoms with Crippen LogP contribution in [-0.2, 0) is 9.57 Å². The zero-order valence-corrected chi connectivity index (χ0v) is 13.8. The van der Waals surface area contributed by atoms with Crippen molar-refractivity contribution >= 4 is 26.6 Å².